The molecule has 2 aliphatic rings. The van der Waals surface area contributed by atoms with Crippen LogP contribution in [0.3, 0.4) is 0 Å². The predicted molar refractivity (Wildman–Crippen MR) is 187 cm³/mol. The minimum Gasteiger partial charge on any atom is -0.351 e. The maximum Gasteiger partial charge on any atom is 0.315 e. The van der Waals surface area contributed by atoms with Gasteiger partial charge in [-0.3, -0.25) is 9.67 Å². The first kappa shape index (κ1) is 32.4. The van der Waals surface area contributed by atoms with E-state index in [9.17, 15) is 4.79 Å². The summed E-state index contributed by atoms with van der Waals surface area (Å²) in [6.45, 7) is 6.46. The van der Waals surface area contributed by atoms with Crippen LogP contribution in [0.25, 0.3) is 11.3 Å². The van der Waals surface area contributed by atoms with E-state index in [1.165, 1.54) is 17.2 Å². The molecule has 46 heavy (non-hydrogen) atoms. The van der Waals surface area contributed by atoms with Crippen molar-refractivity contribution in [3.63, 3.8) is 0 Å². The standard InChI is InChI=1S/C35H37Cl2N7OS/c36-31-10-8-27(21-26(31)7-5-25-6-9-32(37)28(20-25)22-39-23-29-4-1-2-12-40-29)34-30-24-43(35(38)45)15-11-33(30)44(41-34)14-3-13-42-16-18-46-19-17-42/h1-2,4,6,8-10,12,20-21,39H,3,11,13-19,22-24H2,(H2,38,45). The highest BCUT2D eigenvalue weighted by Gasteiger charge is 2.27. The highest BCUT2D eigenvalue weighted by molar-refractivity contribution is 7.99. The van der Waals surface area contributed by atoms with Gasteiger partial charge in [-0.1, -0.05) is 47.2 Å². The fourth-order valence-electron chi connectivity index (χ4n) is 5.89. The Morgan fingerprint density at radius 3 is 2.63 bits per heavy atom. The van der Waals surface area contributed by atoms with Crippen molar-refractivity contribution in [2.75, 3.05) is 37.7 Å². The maximum absolute atomic E-state index is 12.1. The van der Waals surface area contributed by atoms with Gasteiger partial charge in [0.2, 0.25) is 0 Å². The monoisotopic (exact) mass is 673 g/mol. The quantitative estimate of drug-likeness (QED) is 0.218. The summed E-state index contributed by atoms with van der Waals surface area (Å²) in [5.74, 6) is 8.95. The Morgan fingerprint density at radius 1 is 0.978 bits per heavy atom. The Balaban J connectivity index is 1.22. The lowest BCUT2D eigenvalue weighted by Gasteiger charge is -2.27. The van der Waals surface area contributed by atoms with Gasteiger partial charge in [0.05, 0.1) is 23.0 Å². The summed E-state index contributed by atoms with van der Waals surface area (Å²) in [6.07, 6.45) is 3.53. The summed E-state index contributed by atoms with van der Waals surface area (Å²) < 4.78 is 2.14. The highest BCUT2D eigenvalue weighted by Crippen LogP contribution is 2.32. The van der Waals surface area contributed by atoms with Gasteiger partial charge in [-0.15, -0.1) is 0 Å². The number of aryl methyl sites for hydroxylation is 1. The number of aromatic nitrogens is 3. The van der Waals surface area contributed by atoms with E-state index in [1.807, 2.05) is 66.4 Å². The average molecular weight is 675 g/mol. The number of benzene rings is 2. The van der Waals surface area contributed by atoms with Gasteiger partial charge in [-0.25, -0.2) is 4.79 Å². The number of fused-ring (bicyclic) bond motifs is 1. The Kier molecular flexibility index (Phi) is 10.8. The molecule has 2 aliphatic heterocycles. The molecule has 2 amide bonds. The van der Waals surface area contributed by atoms with Crippen LogP contribution < -0.4 is 11.1 Å². The van der Waals surface area contributed by atoms with E-state index in [-0.39, 0.29) is 0 Å². The Bertz CT molecular complexity index is 1750. The van der Waals surface area contributed by atoms with Crippen LogP contribution in [0.4, 0.5) is 4.79 Å². The van der Waals surface area contributed by atoms with Crippen molar-refractivity contribution in [2.24, 2.45) is 5.73 Å². The molecule has 8 nitrogen and oxygen atoms in total. The second kappa shape index (κ2) is 15.4. The van der Waals surface area contributed by atoms with E-state index in [0.29, 0.717) is 41.8 Å². The number of rotatable bonds is 9. The molecule has 0 unspecified atom stereocenters. The largest absolute Gasteiger partial charge is 0.351 e. The lowest BCUT2D eigenvalue weighted by atomic mass is 9.99. The van der Waals surface area contributed by atoms with E-state index in [2.05, 4.69) is 31.7 Å². The van der Waals surface area contributed by atoms with Gasteiger partial charge in [0.25, 0.3) is 0 Å². The summed E-state index contributed by atoms with van der Waals surface area (Å²) in [6, 6.07) is 17.1. The molecule has 6 rings (SSSR count). The number of thioether (sulfide) groups is 1. The SMILES string of the molecule is NC(=O)N1CCc2c(c(-c3ccc(Cl)c(C#Cc4ccc(Cl)c(CNCc5ccccn5)c4)c3)nn2CCCN2CCSCC2)C1. The third-order valence-electron chi connectivity index (χ3n) is 8.37. The fraction of sp³-hybridized carbons (Fsp3) is 0.343. The number of nitrogens with zero attached hydrogens (tertiary/aromatic N) is 5. The number of amides is 2. The first-order valence-corrected chi connectivity index (χ1v) is 17.5. The normalized spacial score (nSPS) is 14.9. The van der Waals surface area contributed by atoms with E-state index in [0.717, 1.165) is 72.7 Å². The third kappa shape index (κ3) is 8.06. The molecule has 11 heteroatoms. The first-order valence-electron chi connectivity index (χ1n) is 15.6. The van der Waals surface area contributed by atoms with Crippen LogP contribution in [0.1, 0.15) is 40.1 Å². The molecule has 1 fully saturated rings. The van der Waals surface area contributed by atoms with Crippen LogP contribution in [0.2, 0.25) is 10.0 Å². The minimum atomic E-state index is -0.413. The molecule has 2 aromatic heterocycles. The zero-order valence-corrected chi connectivity index (χ0v) is 28.0. The van der Waals surface area contributed by atoms with E-state index < -0.39 is 6.03 Å². The third-order valence-corrected chi connectivity index (χ3v) is 10.0. The summed E-state index contributed by atoms with van der Waals surface area (Å²) in [5.41, 5.74) is 13.2. The van der Waals surface area contributed by atoms with Gasteiger partial charge < -0.3 is 20.9 Å². The van der Waals surface area contributed by atoms with Crippen LogP contribution in [0.5, 0.6) is 0 Å². The number of hydrogen-bond acceptors (Lipinski definition) is 6. The molecule has 0 bridgehead atoms. The van der Waals surface area contributed by atoms with Crippen molar-refractivity contribution in [3.8, 4) is 23.1 Å². The number of carbonyl (C=O) groups is 1. The number of carbonyl (C=O) groups excluding carboxylic acids is 1. The minimum absolute atomic E-state index is 0.413. The molecule has 4 aromatic rings. The van der Waals surface area contributed by atoms with Crippen LogP contribution in [-0.4, -0.2) is 68.3 Å². The molecule has 0 spiro atoms. The first-order chi connectivity index (χ1) is 22.4. The van der Waals surface area contributed by atoms with E-state index in [1.54, 1.807) is 11.1 Å². The lowest BCUT2D eigenvalue weighted by Crippen LogP contribution is -2.39. The Hall–Kier alpha value is -3.52. The average Bonchev–Trinajstić information content (AvgIpc) is 3.44. The summed E-state index contributed by atoms with van der Waals surface area (Å²) in [4.78, 5) is 20.7. The highest BCUT2D eigenvalue weighted by atomic mass is 35.5. The van der Waals surface area contributed by atoms with Crippen molar-refractivity contribution >= 4 is 41.0 Å². The predicted octanol–water partition coefficient (Wildman–Crippen LogP) is 5.82. The summed E-state index contributed by atoms with van der Waals surface area (Å²) in [5, 5.41) is 9.74. The molecule has 3 N–H and O–H groups in total. The van der Waals surface area contributed by atoms with Gasteiger partial charge in [-0.2, -0.15) is 16.9 Å². The molecule has 4 heterocycles. The molecule has 0 aliphatic carbocycles. The van der Waals surface area contributed by atoms with E-state index >= 15 is 0 Å². The maximum atomic E-state index is 12.1. The van der Waals surface area contributed by atoms with Gasteiger partial charge in [0, 0.05) is 96.4 Å². The van der Waals surface area contributed by atoms with Crippen molar-refractivity contribution in [2.45, 2.75) is 39.0 Å². The smallest absolute Gasteiger partial charge is 0.315 e. The number of urea groups is 1. The van der Waals surface area contributed by atoms with Gasteiger partial charge in [-0.05, 0) is 61.0 Å². The molecule has 0 saturated carbocycles. The molecule has 0 radical (unpaired) electrons. The lowest BCUT2D eigenvalue weighted by molar-refractivity contribution is 0.201. The number of primary amides is 1. The summed E-state index contributed by atoms with van der Waals surface area (Å²) in [7, 11) is 0. The van der Waals surface area contributed by atoms with Crippen molar-refractivity contribution in [3.05, 3.63) is 104 Å². The zero-order chi connectivity index (χ0) is 31.9. The van der Waals surface area contributed by atoms with Gasteiger partial charge in [0.1, 0.15) is 0 Å². The van der Waals surface area contributed by atoms with Crippen LogP contribution in [-0.2, 0) is 32.6 Å². The van der Waals surface area contributed by atoms with Gasteiger partial charge >= 0.3 is 6.03 Å². The van der Waals surface area contributed by atoms with E-state index in [4.69, 9.17) is 34.0 Å². The second-order valence-electron chi connectivity index (χ2n) is 11.5. The van der Waals surface area contributed by atoms with Crippen LogP contribution in [0.15, 0.2) is 60.8 Å². The topological polar surface area (TPSA) is 92.3 Å². The number of nitrogens with two attached hydrogens (primary N) is 1. The number of hydrogen-bond donors (Lipinski definition) is 2. The van der Waals surface area contributed by atoms with Crippen LogP contribution >= 0.6 is 35.0 Å². The number of nitrogens with one attached hydrogen (secondary N) is 1. The van der Waals surface area contributed by atoms with Gasteiger partial charge in [0.15, 0.2) is 0 Å². The molecular formula is C35H37Cl2N7OS. The Morgan fingerprint density at radius 2 is 1.83 bits per heavy atom. The van der Waals surface area contributed by atoms with Crippen molar-refractivity contribution in [1.82, 2.24) is 29.9 Å². The van der Waals surface area contributed by atoms with Crippen molar-refractivity contribution < 1.29 is 4.79 Å². The van der Waals surface area contributed by atoms with Crippen molar-refractivity contribution in [1.29, 1.82) is 0 Å². The zero-order valence-electron chi connectivity index (χ0n) is 25.6. The molecule has 1 saturated heterocycles. The molecule has 238 valence electrons. The van der Waals surface area contributed by atoms with Crippen LogP contribution in [0, 0.1) is 11.8 Å². The number of halogens is 2. The fourth-order valence-corrected chi connectivity index (χ4v) is 7.22. The molecule has 2 aromatic carbocycles. The second-order valence-corrected chi connectivity index (χ2v) is 13.5. The molecular weight excluding hydrogens is 637 g/mol. The molecule has 0 atom stereocenters. The number of pyridine rings is 1. The Labute approximate surface area is 284 Å². The summed E-state index contributed by atoms with van der Waals surface area (Å²) >= 11 is 15.2.